The number of aromatic nitrogens is 4. The Morgan fingerprint density at radius 2 is 2.12 bits per heavy atom. The van der Waals surface area contributed by atoms with Crippen LogP contribution in [0, 0.1) is 10.1 Å². The summed E-state index contributed by atoms with van der Waals surface area (Å²) in [6.45, 7) is 1.97. The molecule has 0 radical (unpaired) electrons. The number of nitro groups is 1. The van der Waals surface area contributed by atoms with Crippen LogP contribution in [0.1, 0.15) is 29.4 Å². The number of anilines is 1. The van der Waals surface area contributed by atoms with Gasteiger partial charge in [-0.15, -0.1) is 11.3 Å². The van der Waals surface area contributed by atoms with E-state index in [9.17, 15) is 19.7 Å². The van der Waals surface area contributed by atoms with Crippen LogP contribution in [0.5, 0.6) is 0 Å². The Morgan fingerprint density at radius 1 is 1.30 bits per heavy atom. The van der Waals surface area contributed by atoms with E-state index >= 15 is 0 Å². The molecule has 0 aliphatic heterocycles. The van der Waals surface area contributed by atoms with Gasteiger partial charge in [0.1, 0.15) is 17.1 Å². The average molecular weight is 485 g/mol. The number of thiophene rings is 1. The fourth-order valence-electron chi connectivity index (χ4n) is 3.19. The monoisotopic (exact) mass is 484 g/mol. The zero-order valence-corrected chi connectivity index (χ0v) is 18.8. The zero-order valence-electron chi connectivity index (χ0n) is 17.2. The van der Waals surface area contributed by atoms with E-state index in [4.69, 9.17) is 11.6 Å². The Kier molecular flexibility index (Phi) is 6.33. The van der Waals surface area contributed by atoms with Gasteiger partial charge in [0.25, 0.3) is 17.2 Å². The van der Waals surface area contributed by atoms with Crippen LogP contribution in [0.15, 0.2) is 52.6 Å². The molecule has 33 heavy (non-hydrogen) atoms. The van der Waals surface area contributed by atoms with Crippen molar-refractivity contribution in [2.45, 2.75) is 19.8 Å². The first-order chi connectivity index (χ1) is 15.9. The molecule has 0 atom stereocenters. The Morgan fingerprint density at radius 3 is 2.82 bits per heavy atom. The molecule has 0 bridgehead atoms. The molecular weight excluding hydrogens is 468 g/mol. The van der Waals surface area contributed by atoms with Crippen molar-refractivity contribution in [3.05, 3.63) is 84.6 Å². The molecule has 0 aliphatic carbocycles. The number of halogens is 1. The number of amides is 1. The minimum Gasteiger partial charge on any atom is -0.306 e. The van der Waals surface area contributed by atoms with Crippen molar-refractivity contribution < 1.29 is 9.72 Å². The Bertz CT molecular complexity index is 1400. The summed E-state index contributed by atoms with van der Waals surface area (Å²) in [7, 11) is 0. The van der Waals surface area contributed by atoms with Gasteiger partial charge >= 0.3 is 0 Å². The number of nitrogens with zero attached hydrogens (tertiary/aromatic N) is 4. The second-order valence-electron chi connectivity index (χ2n) is 6.99. The minimum atomic E-state index is -0.755. The molecule has 168 valence electrons. The molecule has 1 aromatic carbocycles. The van der Waals surface area contributed by atoms with Crippen molar-refractivity contribution in [3.8, 4) is 16.5 Å². The maximum Gasteiger partial charge on any atom is 0.282 e. The first-order valence-corrected chi connectivity index (χ1v) is 11.1. The van der Waals surface area contributed by atoms with Gasteiger partial charge in [0, 0.05) is 28.9 Å². The lowest BCUT2D eigenvalue weighted by Gasteiger charge is -2.09. The number of aryl methyl sites for hydroxylation is 1. The Labute approximate surface area is 196 Å². The van der Waals surface area contributed by atoms with Crippen molar-refractivity contribution in [2.75, 3.05) is 5.32 Å². The number of carbonyl (C=O) groups is 1. The lowest BCUT2D eigenvalue weighted by atomic mass is 10.1. The number of H-pyrrole nitrogens is 1. The summed E-state index contributed by atoms with van der Waals surface area (Å²) in [5.41, 5.74) is 0.146. The van der Waals surface area contributed by atoms with E-state index in [-0.39, 0.29) is 27.9 Å². The summed E-state index contributed by atoms with van der Waals surface area (Å²) >= 11 is 7.41. The summed E-state index contributed by atoms with van der Waals surface area (Å²) in [6.07, 6.45) is 1.38. The molecule has 3 heterocycles. The number of nitro benzene ring substituents is 1. The van der Waals surface area contributed by atoms with Crippen molar-refractivity contribution in [1.29, 1.82) is 0 Å². The van der Waals surface area contributed by atoms with Gasteiger partial charge < -0.3 is 5.32 Å². The van der Waals surface area contributed by atoms with Crippen LogP contribution in [0.25, 0.3) is 16.5 Å². The highest BCUT2D eigenvalue weighted by Gasteiger charge is 2.23. The first-order valence-electron chi connectivity index (χ1n) is 9.85. The largest absolute Gasteiger partial charge is 0.306 e. The van der Waals surface area contributed by atoms with Crippen LogP contribution in [-0.4, -0.2) is 30.6 Å². The lowest BCUT2D eigenvalue weighted by molar-refractivity contribution is -0.385. The van der Waals surface area contributed by atoms with E-state index in [1.165, 1.54) is 40.3 Å². The summed E-state index contributed by atoms with van der Waals surface area (Å²) in [5.74, 6) is -0.464. The highest BCUT2D eigenvalue weighted by atomic mass is 35.5. The molecule has 0 unspecified atom stereocenters. The molecular formula is C21H17ClN6O4S. The third kappa shape index (κ3) is 4.83. The number of aromatic amines is 1. The lowest BCUT2D eigenvalue weighted by Crippen LogP contribution is -2.20. The van der Waals surface area contributed by atoms with Gasteiger partial charge in [0.05, 0.1) is 9.80 Å². The van der Waals surface area contributed by atoms with Gasteiger partial charge in [0.2, 0.25) is 5.95 Å². The predicted octanol–water partition coefficient (Wildman–Crippen LogP) is 4.45. The molecule has 10 nitrogen and oxygen atoms in total. The molecule has 0 fully saturated rings. The molecule has 0 saturated heterocycles. The molecule has 4 rings (SSSR count). The third-order valence-corrected chi connectivity index (χ3v) is 5.74. The Hall–Kier alpha value is -3.83. The molecule has 3 aromatic heterocycles. The van der Waals surface area contributed by atoms with Gasteiger partial charge in [-0.2, -0.15) is 9.78 Å². The topological polar surface area (TPSA) is 136 Å². The van der Waals surface area contributed by atoms with E-state index in [2.05, 4.69) is 20.4 Å². The highest BCUT2D eigenvalue weighted by molar-refractivity contribution is 7.13. The molecule has 1 amide bonds. The number of carbonyl (C=O) groups excluding carboxylic acids is 1. The van der Waals surface area contributed by atoms with Crippen LogP contribution >= 0.6 is 22.9 Å². The van der Waals surface area contributed by atoms with E-state index in [0.29, 0.717) is 17.8 Å². The molecule has 0 spiro atoms. The highest BCUT2D eigenvalue weighted by Crippen LogP contribution is 2.29. The van der Waals surface area contributed by atoms with Crippen LogP contribution < -0.4 is 10.9 Å². The average Bonchev–Trinajstić information content (AvgIpc) is 3.43. The standard InChI is InChI=1S/C21H17ClN6O4S/c1-2-4-13-10-19(29)25-21(23-13)27-18(11-15(26-27)17-5-3-8-33-17)24-20(30)14-9-12(22)6-7-16(14)28(31)32/h3,5-11H,2,4H2,1H3,(H,24,30)(H,23,25,29). The predicted molar refractivity (Wildman–Crippen MR) is 125 cm³/mol. The fraction of sp³-hybridized carbons (Fsp3) is 0.143. The Balaban J connectivity index is 1.81. The van der Waals surface area contributed by atoms with Gasteiger partial charge in [-0.25, -0.2) is 4.98 Å². The van der Waals surface area contributed by atoms with E-state index in [1.807, 2.05) is 24.4 Å². The second kappa shape index (κ2) is 9.35. The van der Waals surface area contributed by atoms with Crippen LogP contribution in [0.4, 0.5) is 11.5 Å². The number of hydrogen-bond donors (Lipinski definition) is 2. The van der Waals surface area contributed by atoms with Crippen molar-refractivity contribution in [1.82, 2.24) is 19.7 Å². The minimum absolute atomic E-state index is 0.115. The SMILES string of the molecule is CCCc1cc(=O)[nH]c(-n2nc(-c3cccs3)cc2NC(=O)c2cc(Cl)ccc2[N+](=O)[O-])n1. The summed E-state index contributed by atoms with van der Waals surface area (Å²) in [6, 6.07) is 10.4. The van der Waals surface area contributed by atoms with Gasteiger partial charge in [-0.05, 0) is 30.0 Å². The van der Waals surface area contributed by atoms with Gasteiger partial charge in [0.15, 0.2) is 0 Å². The number of rotatable bonds is 7. The van der Waals surface area contributed by atoms with Crippen LogP contribution in [0.3, 0.4) is 0 Å². The number of benzene rings is 1. The molecule has 0 aliphatic rings. The smallest absolute Gasteiger partial charge is 0.282 e. The summed E-state index contributed by atoms with van der Waals surface area (Å²) < 4.78 is 1.30. The van der Waals surface area contributed by atoms with Crippen molar-refractivity contribution in [3.63, 3.8) is 0 Å². The van der Waals surface area contributed by atoms with Crippen LogP contribution in [-0.2, 0) is 6.42 Å². The zero-order chi connectivity index (χ0) is 23.5. The maximum absolute atomic E-state index is 13.0. The maximum atomic E-state index is 13.0. The van der Waals surface area contributed by atoms with E-state index in [0.717, 1.165) is 11.3 Å². The van der Waals surface area contributed by atoms with E-state index in [1.54, 1.807) is 6.07 Å². The van der Waals surface area contributed by atoms with Crippen molar-refractivity contribution >= 4 is 40.4 Å². The summed E-state index contributed by atoms with van der Waals surface area (Å²) in [4.78, 5) is 43.8. The second-order valence-corrected chi connectivity index (χ2v) is 8.37. The number of nitrogens with one attached hydrogen (secondary N) is 2. The number of hydrogen-bond acceptors (Lipinski definition) is 7. The quantitative estimate of drug-likeness (QED) is 0.294. The van der Waals surface area contributed by atoms with E-state index < -0.39 is 16.5 Å². The summed E-state index contributed by atoms with van der Waals surface area (Å²) in [5, 5.41) is 20.6. The molecule has 12 heteroatoms. The first kappa shape index (κ1) is 22.4. The third-order valence-electron chi connectivity index (χ3n) is 4.61. The molecule has 4 aromatic rings. The fourth-order valence-corrected chi connectivity index (χ4v) is 4.04. The molecule has 0 saturated carbocycles. The van der Waals surface area contributed by atoms with Gasteiger partial charge in [-0.3, -0.25) is 24.7 Å². The molecule has 2 N–H and O–H groups in total. The van der Waals surface area contributed by atoms with Crippen LogP contribution in [0.2, 0.25) is 5.02 Å². The van der Waals surface area contributed by atoms with Gasteiger partial charge in [-0.1, -0.05) is 31.0 Å². The normalized spacial score (nSPS) is 10.8. The van der Waals surface area contributed by atoms with Crippen molar-refractivity contribution in [2.24, 2.45) is 0 Å².